The highest BCUT2D eigenvalue weighted by Gasteiger charge is 2.09. The molecule has 0 bridgehead atoms. The number of rotatable bonds is 3. The van der Waals surface area contributed by atoms with Crippen LogP contribution in [-0.2, 0) is 4.79 Å². The Bertz CT molecular complexity index is 344. The van der Waals surface area contributed by atoms with E-state index in [1.54, 1.807) is 6.92 Å². The highest BCUT2D eigenvalue weighted by atomic mass is 35.5. The van der Waals surface area contributed by atoms with E-state index in [4.69, 9.17) is 11.6 Å². The molecule has 1 atom stereocenters. The largest absolute Gasteiger partial charge is 0.300 e. The van der Waals surface area contributed by atoms with Crippen LogP contribution in [0, 0.1) is 6.92 Å². The van der Waals surface area contributed by atoms with Crippen LogP contribution in [0.15, 0.2) is 18.2 Å². The van der Waals surface area contributed by atoms with E-state index in [2.05, 4.69) is 0 Å². The van der Waals surface area contributed by atoms with Crippen molar-refractivity contribution in [1.82, 2.24) is 0 Å². The smallest absolute Gasteiger partial charge is 0.130 e. The van der Waals surface area contributed by atoms with Crippen LogP contribution in [0.3, 0.4) is 0 Å². The summed E-state index contributed by atoms with van der Waals surface area (Å²) in [5.41, 5.74) is 2.21. The topological polar surface area (TPSA) is 17.1 Å². The monoisotopic (exact) mass is 210 g/mol. The number of ketones is 1. The Morgan fingerprint density at radius 1 is 1.50 bits per heavy atom. The fourth-order valence-corrected chi connectivity index (χ4v) is 1.65. The average molecular weight is 211 g/mol. The molecule has 1 nitrogen and oxygen atoms in total. The van der Waals surface area contributed by atoms with E-state index in [9.17, 15) is 4.79 Å². The maximum atomic E-state index is 10.9. The fourth-order valence-electron chi connectivity index (χ4n) is 1.46. The van der Waals surface area contributed by atoms with E-state index < -0.39 is 0 Å². The molecular formula is C12H15ClO. The first-order valence-corrected chi connectivity index (χ1v) is 5.14. The van der Waals surface area contributed by atoms with Gasteiger partial charge in [0, 0.05) is 11.4 Å². The van der Waals surface area contributed by atoms with Crippen LogP contribution >= 0.6 is 11.6 Å². The average Bonchev–Trinajstić information content (AvgIpc) is 2.08. The number of benzene rings is 1. The van der Waals surface area contributed by atoms with E-state index in [0.717, 1.165) is 16.1 Å². The third kappa shape index (κ3) is 2.85. The van der Waals surface area contributed by atoms with Gasteiger partial charge in [-0.05, 0) is 37.0 Å². The molecule has 0 spiro atoms. The SMILES string of the molecule is CC(=O)CC(C)c1ccc(C)c(Cl)c1. The molecular weight excluding hydrogens is 196 g/mol. The van der Waals surface area contributed by atoms with Crippen LogP contribution < -0.4 is 0 Å². The van der Waals surface area contributed by atoms with Crippen molar-refractivity contribution in [3.8, 4) is 0 Å². The lowest BCUT2D eigenvalue weighted by Gasteiger charge is -2.10. The Morgan fingerprint density at radius 2 is 2.14 bits per heavy atom. The standard InChI is InChI=1S/C12H15ClO/c1-8-4-5-11(7-12(8)13)9(2)6-10(3)14/h4-5,7,9H,6H2,1-3H3. The van der Waals surface area contributed by atoms with Crippen molar-refractivity contribution in [2.75, 3.05) is 0 Å². The quantitative estimate of drug-likeness (QED) is 0.743. The number of carbonyl (C=O) groups excluding carboxylic acids is 1. The van der Waals surface area contributed by atoms with Crippen LogP contribution in [-0.4, -0.2) is 5.78 Å². The van der Waals surface area contributed by atoms with Gasteiger partial charge in [0.15, 0.2) is 0 Å². The molecule has 76 valence electrons. The number of aryl methyl sites for hydroxylation is 1. The second-order valence-corrected chi connectivity index (χ2v) is 4.22. The zero-order chi connectivity index (χ0) is 10.7. The minimum Gasteiger partial charge on any atom is -0.300 e. The third-order valence-corrected chi connectivity index (χ3v) is 2.77. The number of carbonyl (C=O) groups is 1. The van der Waals surface area contributed by atoms with Crippen molar-refractivity contribution in [1.29, 1.82) is 0 Å². The van der Waals surface area contributed by atoms with Gasteiger partial charge >= 0.3 is 0 Å². The van der Waals surface area contributed by atoms with Gasteiger partial charge in [-0.25, -0.2) is 0 Å². The van der Waals surface area contributed by atoms with Crippen molar-refractivity contribution in [3.63, 3.8) is 0 Å². The molecule has 0 radical (unpaired) electrons. The Kier molecular flexibility index (Phi) is 3.70. The van der Waals surface area contributed by atoms with Crippen LogP contribution in [0.5, 0.6) is 0 Å². The zero-order valence-electron chi connectivity index (χ0n) is 8.80. The van der Waals surface area contributed by atoms with Gasteiger partial charge in [-0.1, -0.05) is 30.7 Å². The molecule has 0 saturated carbocycles. The van der Waals surface area contributed by atoms with Crippen LogP contribution in [0.4, 0.5) is 0 Å². The summed E-state index contributed by atoms with van der Waals surface area (Å²) in [7, 11) is 0. The summed E-state index contributed by atoms with van der Waals surface area (Å²) in [6.07, 6.45) is 0.583. The molecule has 14 heavy (non-hydrogen) atoms. The summed E-state index contributed by atoms with van der Waals surface area (Å²) in [6, 6.07) is 5.98. The summed E-state index contributed by atoms with van der Waals surface area (Å²) >= 11 is 6.01. The molecule has 0 fully saturated rings. The lowest BCUT2D eigenvalue weighted by Crippen LogP contribution is -2.00. The van der Waals surface area contributed by atoms with Gasteiger partial charge in [0.2, 0.25) is 0 Å². The predicted molar refractivity (Wildman–Crippen MR) is 59.9 cm³/mol. The Labute approximate surface area is 90.1 Å². The van der Waals surface area contributed by atoms with E-state index in [0.29, 0.717) is 6.42 Å². The molecule has 0 aliphatic heterocycles. The number of hydrogen-bond acceptors (Lipinski definition) is 1. The number of hydrogen-bond donors (Lipinski definition) is 0. The van der Waals surface area contributed by atoms with Gasteiger partial charge < -0.3 is 4.79 Å². The summed E-state index contributed by atoms with van der Waals surface area (Å²) < 4.78 is 0. The van der Waals surface area contributed by atoms with E-state index in [-0.39, 0.29) is 11.7 Å². The van der Waals surface area contributed by atoms with Gasteiger partial charge in [-0.2, -0.15) is 0 Å². The van der Waals surface area contributed by atoms with E-state index >= 15 is 0 Å². The maximum absolute atomic E-state index is 10.9. The highest BCUT2D eigenvalue weighted by molar-refractivity contribution is 6.31. The van der Waals surface area contributed by atoms with Crippen molar-refractivity contribution < 1.29 is 4.79 Å². The van der Waals surface area contributed by atoms with Gasteiger partial charge in [0.05, 0.1) is 0 Å². The first-order valence-electron chi connectivity index (χ1n) is 4.76. The van der Waals surface area contributed by atoms with Crippen LogP contribution in [0.2, 0.25) is 5.02 Å². The van der Waals surface area contributed by atoms with Crippen LogP contribution in [0.1, 0.15) is 37.3 Å². The minimum atomic E-state index is 0.217. The van der Waals surface area contributed by atoms with Crippen molar-refractivity contribution in [2.24, 2.45) is 0 Å². The molecule has 0 amide bonds. The molecule has 1 aromatic carbocycles. The second kappa shape index (κ2) is 4.61. The molecule has 1 rings (SSSR count). The molecule has 1 aromatic rings. The summed E-state index contributed by atoms with van der Waals surface area (Å²) in [5.74, 6) is 0.472. The first kappa shape index (κ1) is 11.3. The van der Waals surface area contributed by atoms with Gasteiger partial charge in [0.25, 0.3) is 0 Å². The normalized spacial score (nSPS) is 12.6. The Hall–Kier alpha value is -0.820. The van der Waals surface area contributed by atoms with E-state index in [1.807, 2.05) is 32.0 Å². The van der Waals surface area contributed by atoms with Crippen molar-refractivity contribution in [2.45, 2.75) is 33.1 Å². The van der Waals surface area contributed by atoms with E-state index in [1.165, 1.54) is 0 Å². The van der Waals surface area contributed by atoms with Gasteiger partial charge in [-0.15, -0.1) is 0 Å². The minimum absolute atomic E-state index is 0.217. The van der Waals surface area contributed by atoms with Crippen LogP contribution in [0.25, 0.3) is 0 Å². The fraction of sp³-hybridized carbons (Fsp3) is 0.417. The zero-order valence-corrected chi connectivity index (χ0v) is 9.56. The number of halogens is 1. The molecule has 0 heterocycles. The molecule has 0 saturated heterocycles. The first-order chi connectivity index (χ1) is 6.50. The summed E-state index contributed by atoms with van der Waals surface area (Å²) in [5, 5.41) is 0.776. The molecule has 0 aliphatic carbocycles. The van der Waals surface area contributed by atoms with Gasteiger partial charge in [-0.3, -0.25) is 0 Å². The third-order valence-electron chi connectivity index (χ3n) is 2.36. The summed E-state index contributed by atoms with van der Waals surface area (Å²) in [6.45, 7) is 5.64. The van der Waals surface area contributed by atoms with Crippen molar-refractivity contribution in [3.05, 3.63) is 34.3 Å². The molecule has 0 aliphatic rings. The van der Waals surface area contributed by atoms with Gasteiger partial charge in [0.1, 0.15) is 5.78 Å². The molecule has 1 unspecified atom stereocenters. The molecule has 0 N–H and O–H groups in total. The Morgan fingerprint density at radius 3 is 2.64 bits per heavy atom. The second-order valence-electron chi connectivity index (χ2n) is 3.82. The maximum Gasteiger partial charge on any atom is 0.130 e. The molecule has 0 aromatic heterocycles. The molecule has 2 heteroatoms. The summed E-state index contributed by atoms with van der Waals surface area (Å²) in [4.78, 5) is 10.9. The Balaban J connectivity index is 2.85. The van der Waals surface area contributed by atoms with Crippen molar-refractivity contribution >= 4 is 17.4 Å². The highest BCUT2D eigenvalue weighted by Crippen LogP contribution is 2.24. The predicted octanol–water partition coefficient (Wildman–Crippen LogP) is 3.73. The lowest BCUT2D eigenvalue weighted by molar-refractivity contribution is -0.117. The number of Topliss-reactive ketones (excluding diaryl/α,β-unsaturated/α-hetero) is 1. The lowest BCUT2D eigenvalue weighted by atomic mass is 9.95.